The van der Waals surface area contributed by atoms with E-state index in [4.69, 9.17) is 21.4 Å². The Labute approximate surface area is 128 Å². The van der Waals surface area contributed by atoms with E-state index in [1.807, 2.05) is 0 Å². The van der Waals surface area contributed by atoms with E-state index in [-0.39, 0.29) is 42.3 Å². The number of hydrogen-bond donors (Lipinski definition) is 1. The average Bonchev–Trinajstić information content (AvgIpc) is 2.48. The minimum atomic E-state index is -3.80. The van der Waals surface area contributed by atoms with Crippen molar-refractivity contribution < 1.29 is 22.7 Å². The highest BCUT2D eigenvalue weighted by Crippen LogP contribution is 2.28. The zero-order chi connectivity index (χ0) is 15.5. The summed E-state index contributed by atoms with van der Waals surface area (Å²) in [7, 11) is -3.80. The second-order valence-electron chi connectivity index (χ2n) is 4.77. The fourth-order valence-corrected chi connectivity index (χ4v) is 4.23. The molecule has 8 heteroatoms. The van der Waals surface area contributed by atoms with Crippen LogP contribution in [0.5, 0.6) is 0 Å². The van der Waals surface area contributed by atoms with Gasteiger partial charge in [0.2, 0.25) is 10.0 Å². The smallest absolute Gasteiger partial charge is 0.244 e. The van der Waals surface area contributed by atoms with Gasteiger partial charge in [-0.2, -0.15) is 4.31 Å². The molecular weight excluding hydrogens is 321 g/mol. The van der Waals surface area contributed by atoms with Gasteiger partial charge in [-0.25, -0.2) is 12.8 Å². The zero-order valence-electron chi connectivity index (χ0n) is 11.3. The van der Waals surface area contributed by atoms with Crippen molar-refractivity contribution in [3.8, 4) is 0 Å². The summed E-state index contributed by atoms with van der Waals surface area (Å²) in [6.07, 6.45) is 1.00. The average molecular weight is 338 g/mol. The van der Waals surface area contributed by atoms with Gasteiger partial charge in [-0.15, -0.1) is 0 Å². The Bertz CT molecular complexity index is 588. The first-order valence-corrected chi connectivity index (χ1v) is 8.44. The number of nitrogens with zero attached hydrogens (tertiary/aromatic N) is 1. The quantitative estimate of drug-likeness (QED) is 0.887. The molecule has 0 bridgehead atoms. The van der Waals surface area contributed by atoms with Crippen LogP contribution < -0.4 is 0 Å². The standard InChI is InChI=1S/C13H17ClFNO4S/c14-12-2-1-10(15)9-13(12)21(18,19)16-5-3-11(4-6-16)20-8-7-17/h1-2,9,11,17H,3-8H2. The largest absolute Gasteiger partial charge is 0.394 e. The van der Waals surface area contributed by atoms with Crippen molar-refractivity contribution in [1.29, 1.82) is 0 Å². The molecule has 0 amide bonds. The van der Waals surface area contributed by atoms with E-state index in [9.17, 15) is 12.8 Å². The number of hydrogen-bond acceptors (Lipinski definition) is 4. The van der Waals surface area contributed by atoms with Crippen LogP contribution in [0.25, 0.3) is 0 Å². The molecule has 1 N–H and O–H groups in total. The maximum atomic E-state index is 13.3. The van der Waals surface area contributed by atoms with Gasteiger partial charge in [-0.3, -0.25) is 0 Å². The molecule has 0 unspecified atom stereocenters. The SMILES string of the molecule is O=S(=O)(c1cc(F)ccc1Cl)N1CCC(OCCO)CC1. The molecule has 1 aromatic carbocycles. The van der Waals surface area contributed by atoms with Crippen molar-refractivity contribution in [3.05, 3.63) is 29.0 Å². The van der Waals surface area contributed by atoms with Crippen LogP contribution in [0.1, 0.15) is 12.8 Å². The molecule has 5 nitrogen and oxygen atoms in total. The van der Waals surface area contributed by atoms with Gasteiger partial charge in [0.1, 0.15) is 10.7 Å². The zero-order valence-corrected chi connectivity index (χ0v) is 12.9. The van der Waals surface area contributed by atoms with Crippen LogP contribution >= 0.6 is 11.6 Å². The highest BCUT2D eigenvalue weighted by atomic mass is 35.5. The Morgan fingerprint density at radius 3 is 2.67 bits per heavy atom. The topological polar surface area (TPSA) is 66.8 Å². The van der Waals surface area contributed by atoms with Crippen LogP contribution in [0.15, 0.2) is 23.1 Å². The molecule has 2 rings (SSSR count). The summed E-state index contributed by atoms with van der Waals surface area (Å²) in [6, 6.07) is 3.29. The maximum Gasteiger partial charge on any atom is 0.244 e. The van der Waals surface area contributed by atoms with Crippen molar-refractivity contribution in [1.82, 2.24) is 4.31 Å². The van der Waals surface area contributed by atoms with Gasteiger partial charge < -0.3 is 9.84 Å². The number of halogens is 2. The van der Waals surface area contributed by atoms with Gasteiger partial charge in [0.05, 0.1) is 24.3 Å². The first kappa shape index (κ1) is 16.6. The lowest BCUT2D eigenvalue weighted by Crippen LogP contribution is -2.41. The number of rotatable bonds is 5. The molecule has 21 heavy (non-hydrogen) atoms. The van der Waals surface area contributed by atoms with Crippen molar-refractivity contribution in [2.24, 2.45) is 0 Å². The Kier molecular flexibility index (Phi) is 5.56. The van der Waals surface area contributed by atoms with E-state index in [1.165, 1.54) is 10.4 Å². The molecule has 118 valence electrons. The van der Waals surface area contributed by atoms with Gasteiger partial charge in [0.25, 0.3) is 0 Å². The van der Waals surface area contributed by atoms with E-state index in [0.717, 1.165) is 12.1 Å². The summed E-state index contributed by atoms with van der Waals surface area (Å²) in [6.45, 7) is 0.751. The first-order valence-electron chi connectivity index (χ1n) is 6.63. The Hall–Kier alpha value is -0.730. The van der Waals surface area contributed by atoms with Crippen LogP contribution in [0.3, 0.4) is 0 Å². The second kappa shape index (κ2) is 7.02. The van der Waals surface area contributed by atoms with Gasteiger partial charge in [-0.05, 0) is 31.0 Å². The molecule has 1 saturated heterocycles. The Morgan fingerprint density at radius 2 is 2.05 bits per heavy atom. The molecule has 1 aromatic rings. The molecule has 0 atom stereocenters. The molecule has 1 aliphatic rings. The van der Waals surface area contributed by atoms with Crippen LogP contribution in [-0.2, 0) is 14.8 Å². The molecule has 1 heterocycles. The number of ether oxygens (including phenoxy) is 1. The summed E-state index contributed by atoms with van der Waals surface area (Å²) in [5.74, 6) is -0.640. The number of aliphatic hydroxyl groups is 1. The van der Waals surface area contributed by atoms with Crippen molar-refractivity contribution in [2.75, 3.05) is 26.3 Å². The lowest BCUT2D eigenvalue weighted by molar-refractivity contribution is 0.00318. The Morgan fingerprint density at radius 1 is 1.38 bits per heavy atom. The molecule has 0 aromatic heterocycles. The fraction of sp³-hybridized carbons (Fsp3) is 0.538. The van der Waals surface area contributed by atoms with Crippen molar-refractivity contribution in [3.63, 3.8) is 0 Å². The molecule has 0 aliphatic carbocycles. The van der Waals surface area contributed by atoms with Gasteiger partial charge in [0, 0.05) is 13.1 Å². The van der Waals surface area contributed by atoms with E-state index >= 15 is 0 Å². The number of sulfonamides is 1. The highest BCUT2D eigenvalue weighted by molar-refractivity contribution is 7.89. The van der Waals surface area contributed by atoms with Gasteiger partial charge >= 0.3 is 0 Å². The van der Waals surface area contributed by atoms with Gasteiger partial charge in [0.15, 0.2) is 0 Å². The Balaban J connectivity index is 2.10. The molecular formula is C13H17ClFNO4S. The summed E-state index contributed by atoms with van der Waals surface area (Å²) in [5.41, 5.74) is 0. The normalized spacial score (nSPS) is 18.0. The monoisotopic (exact) mass is 337 g/mol. The summed E-state index contributed by atoms with van der Waals surface area (Å²) >= 11 is 5.87. The van der Waals surface area contributed by atoms with Gasteiger partial charge in [-0.1, -0.05) is 11.6 Å². The first-order chi connectivity index (χ1) is 9.95. The van der Waals surface area contributed by atoms with Crippen LogP contribution in [-0.4, -0.2) is 50.2 Å². The van der Waals surface area contributed by atoms with Crippen molar-refractivity contribution >= 4 is 21.6 Å². The number of benzene rings is 1. The third-order valence-corrected chi connectivity index (χ3v) is 5.74. The minimum Gasteiger partial charge on any atom is -0.394 e. The highest BCUT2D eigenvalue weighted by Gasteiger charge is 2.31. The van der Waals surface area contributed by atoms with Crippen molar-refractivity contribution in [2.45, 2.75) is 23.8 Å². The summed E-state index contributed by atoms with van der Waals surface area (Å²) in [5, 5.41) is 8.71. The molecule has 1 aliphatic heterocycles. The van der Waals surface area contributed by atoms with E-state index < -0.39 is 15.8 Å². The number of piperidine rings is 1. The maximum absolute atomic E-state index is 13.3. The molecule has 0 radical (unpaired) electrons. The van der Waals surface area contributed by atoms with Crippen LogP contribution in [0.2, 0.25) is 5.02 Å². The summed E-state index contributed by atoms with van der Waals surface area (Å²) < 4.78 is 44.9. The van der Waals surface area contributed by atoms with E-state index in [2.05, 4.69) is 0 Å². The minimum absolute atomic E-state index is 0.00931. The molecule has 1 fully saturated rings. The third-order valence-electron chi connectivity index (χ3n) is 3.36. The lowest BCUT2D eigenvalue weighted by Gasteiger charge is -2.31. The van der Waals surface area contributed by atoms with E-state index in [0.29, 0.717) is 12.8 Å². The molecule has 0 saturated carbocycles. The number of aliphatic hydroxyl groups excluding tert-OH is 1. The van der Waals surface area contributed by atoms with E-state index in [1.54, 1.807) is 0 Å². The van der Waals surface area contributed by atoms with Crippen LogP contribution in [0, 0.1) is 5.82 Å². The third kappa shape index (κ3) is 3.92. The predicted molar refractivity (Wildman–Crippen MR) is 76.2 cm³/mol. The molecule has 0 spiro atoms. The second-order valence-corrected chi connectivity index (χ2v) is 7.09. The van der Waals surface area contributed by atoms with Crippen LogP contribution in [0.4, 0.5) is 4.39 Å². The lowest BCUT2D eigenvalue weighted by atomic mass is 10.1. The predicted octanol–water partition coefficient (Wildman–Crippen LogP) is 1.64. The summed E-state index contributed by atoms with van der Waals surface area (Å²) in [4.78, 5) is -0.209. The fourth-order valence-electron chi connectivity index (χ4n) is 2.27.